The van der Waals surface area contributed by atoms with Crippen molar-refractivity contribution in [1.29, 1.82) is 0 Å². The van der Waals surface area contributed by atoms with Crippen LogP contribution in [-0.4, -0.2) is 41.2 Å². The van der Waals surface area contributed by atoms with Gasteiger partial charge in [0, 0.05) is 22.7 Å². The van der Waals surface area contributed by atoms with Crippen molar-refractivity contribution in [2.24, 2.45) is 0 Å². The Balaban J connectivity index is 2.34. The standard InChI is InChI=1S/C22H30N2O6S/c1-14(17-10-9-16(28-5)13-19(17)30-7)23-21(25)15-8-11-18(29-6)20(12-15)31(26,27)24-22(2,3)4/h8-14,24H,1-7H3,(H,23,25). The number of carbonyl (C=O) groups excluding carboxylic acids is 1. The average Bonchev–Trinajstić information content (AvgIpc) is 2.70. The molecule has 1 amide bonds. The lowest BCUT2D eigenvalue weighted by atomic mass is 10.1. The van der Waals surface area contributed by atoms with Gasteiger partial charge in [0.15, 0.2) is 0 Å². The molecule has 0 bridgehead atoms. The maximum atomic E-state index is 12.9. The minimum absolute atomic E-state index is 0.104. The van der Waals surface area contributed by atoms with Crippen molar-refractivity contribution in [2.45, 2.75) is 44.2 Å². The number of ether oxygens (including phenoxy) is 3. The lowest BCUT2D eigenvalue weighted by Gasteiger charge is -2.22. The van der Waals surface area contributed by atoms with Crippen LogP contribution in [0, 0.1) is 0 Å². The first-order valence-corrected chi connectivity index (χ1v) is 11.1. The molecule has 2 aromatic carbocycles. The Morgan fingerprint density at radius 3 is 2.13 bits per heavy atom. The van der Waals surface area contributed by atoms with Gasteiger partial charge in [0.2, 0.25) is 10.0 Å². The molecule has 170 valence electrons. The highest BCUT2D eigenvalue weighted by molar-refractivity contribution is 7.89. The number of benzene rings is 2. The molecule has 0 aliphatic carbocycles. The SMILES string of the molecule is COc1ccc(C(C)NC(=O)c2ccc(OC)c(S(=O)(=O)NC(C)(C)C)c2)c(OC)c1. The Morgan fingerprint density at radius 2 is 1.58 bits per heavy atom. The molecule has 0 aromatic heterocycles. The first-order chi connectivity index (χ1) is 14.4. The lowest BCUT2D eigenvalue weighted by molar-refractivity contribution is 0.0939. The summed E-state index contributed by atoms with van der Waals surface area (Å²) in [7, 11) is 0.570. The zero-order valence-corrected chi connectivity index (χ0v) is 19.7. The number of hydrogen-bond donors (Lipinski definition) is 2. The van der Waals surface area contributed by atoms with Gasteiger partial charge in [-0.3, -0.25) is 4.79 Å². The summed E-state index contributed by atoms with van der Waals surface area (Å²) in [5.74, 6) is 0.924. The van der Waals surface area contributed by atoms with E-state index in [1.165, 1.54) is 32.4 Å². The molecule has 0 saturated heterocycles. The third-order valence-corrected chi connectivity index (χ3v) is 6.19. The summed E-state index contributed by atoms with van der Waals surface area (Å²) in [5.41, 5.74) is 0.253. The summed E-state index contributed by atoms with van der Waals surface area (Å²) in [5, 5.41) is 2.87. The van der Waals surface area contributed by atoms with Crippen LogP contribution in [0.25, 0.3) is 0 Å². The summed E-state index contributed by atoms with van der Waals surface area (Å²) in [4.78, 5) is 12.8. The smallest absolute Gasteiger partial charge is 0.251 e. The quantitative estimate of drug-likeness (QED) is 0.640. The molecule has 0 radical (unpaired) electrons. The molecular formula is C22H30N2O6S. The maximum Gasteiger partial charge on any atom is 0.251 e. The van der Waals surface area contributed by atoms with Crippen LogP contribution in [0.15, 0.2) is 41.3 Å². The Labute approximate surface area is 184 Å². The summed E-state index contributed by atoms with van der Waals surface area (Å²) < 4.78 is 44.1. The molecule has 31 heavy (non-hydrogen) atoms. The van der Waals surface area contributed by atoms with Crippen molar-refractivity contribution < 1.29 is 27.4 Å². The molecule has 0 saturated carbocycles. The molecule has 0 aliphatic heterocycles. The van der Waals surface area contributed by atoms with Gasteiger partial charge in [0.1, 0.15) is 22.1 Å². The van der Waals surface area contributed by atoms with E-state index in [0.717, 1.165) is 5.56 Å². The van der Waals surface area contributed by atoms with E-state index in [4.69, 9.17) is 14.2 Å². The van der Waals surface area contributed by atoms with E-state index in [1.54, 1.807) is 46.1 Å². The molecular weight excluding hydrogens is 420 g/mol. The fourth-order valence-corrected chi connectivity index (χ4v) is 4.63. The second-order valence-electron chi connectivity index (χ2n) is 8.02. The van der Waals surface area contributed by atoms with Gasteiger partial charge in [-0.05, 0) is 58.0 Å². The third kappa shape index (κ3) is 6.11. The Kier molecular flexibility index (Phi) is 7.56. The number of methoxy groups -OCH3 is 3. The lowest BCUT2D eigenvalue weighted by Crippen LogP contribution is -2.40. The number of sulfonamides is 1. The minimum Gasteiger partial charge on any atom is -0.497 e. The highest BCUT2D eigenvalue weighted by Crippen LogP contribution is 2.30. The molecule has 0 fully saturated rings. The summed E-state index contributed by atoms with van der Waals surface area (Å²) in [6, 6.07) is 9.20. The first-order valence-electron chi connectivity index (χ1n) is 9.66. The first kappa shape index (κ1) is 24.5. The highest BCUT2D eigenvalue weighted by Gasteiger charge is 2.27. The van der Waals surface area contributed by atoms with Crippen LogP contribution < -0.4 is 24.2 Å². The topological polar surface area (TPSA) is 103 Å². The van der Waals surface area contributed by atoms with Crippen molar-refractivity contribution >= 4 is 15.9 Å². The predicted molar refractivity (Wildman–Crippen MR) is 118 cm³/mol. The molecule has 2 aromatic rings. The van der Waals surface area contributed by atoms with Crippen LogP contribution in [-0.2, 0) is 10.0 Å². The van der Waals surface area contributed by atoms with E-state index in [9.17, 15) is 13.2 Å². The molecule has 9 heteroatoms. The number of hydrogen-bond acceptors (Lipinski definition) is 6. The summed E-state index contributed by atoms with van der Waals surface area (Å²) >= 11 is 0. The molecule has 1 unspecified atom stereocenters. The van der Waals surface area contributed by atoms with E-state index in [1.807, 2.05) is 6.92 Å². The zero-order chi connectivity index (χ0) is 23.4. The largest absolute Gasteiger partial charge is 0.497 e. The molecule has 1 atom stereocenters. The van der Waals surface area contributed by atoms with Gasteiger partial charge < -0.3 is 19.5 Å². The van der Waals surface area contributed by atoms with Crippen molar-refractivity contribution in [3.05, 3.63) is 47.5 Å². The van der Waals surface area contributed by atoms with Crippen LogP contribution in [0.2, 0.25) is 0 Å². The van der Waals surface area contributed by atoms with Crippen LogP contribution in [0.5, 0.6) is 17.2 Å². The third-order valence-electron chi connectivity index (χ3n) is 4.41. The van der Waals surface area contributed by atoms with Crippen molar-refractivity contribution in [3.8, 4) is 17.2 Å². The maximum absolute atomic E-state index is 12.9. The zero-order valence-electron chi connectivity index (χ0n) is 18.9. The predicted octanol–water partition coefficient (Wildman–Crippen LogP) is 3.28. The van der Waals surface area contributed by atoms with E-state index >= 15 is 0 Å². The van der Waals surface area contributed by atoms with Crippen molar-refractivity contribution in [1.82, 2.24) is 10.0 Å². The second-order valence-corrected chi connectivity index (χ2v) is 9.67. The van der Waals surface area contributed by atoms with E-state index < -0.39 is 27.5 Å². The van der Waals surface area contributed by atoms with E-state index in [2.05, 4.69) is 10.0 Å². The fourth-order valence-electron chi connectivity index (χ4n) is 3.02. The summed E-state index contributed by atoms with van der Waals surface area (Å²) in [6.45, 7) is 7.01. The van der Waals surface area contributed by atoms with Gasteiger partial charge in [-0.25, -0.2) is 13.1 Å². The van der Waals surface area contributed by atoms with Gasteiger partial charge in [-0.15, -0.1) is 0 Å². The second kappa shape index (κ2) is 9.57. The van der Waals surface area contributed by atoms with Crippen LogP contribution in [0.3, 0.4) is 0 Å². The van der Waals surface area contributed by atoms with Gasteiger partial charge in [0.05, 0.1) is 27.4 Å². The molecule has 0 spiro atoms. The number of nitrogens with one attached hydrogen (secondary N) is 2. The normalized spacial score (nSPS) is 12.7. The van der Waals surface area contributed by atoms with Crippen LogP contribution in [0.4, 0.5) is 0 Å². The average molecular weight is 451 g/mol. The van der Waals surface area contributed by atoms with Crippen molar-refractivity contribution in [3.63, 3.8) is 0 Å². The molecule has 2 N–H and O–H groups in total. The van der Waals surface area contributed by atoms with Gasteiger partial charge >= 0.3 is 0 Å². The van der Waals surface area contributed by atoms with Gasteiger partial charge in [-0.1, -0.05) is 0 Å². The van der Waals surface area contributed by atoms with E-state index in [-0.39, 0.29) is 16.2 Å². The van der Waals surface area contributed by atoms with Crippen molar-refractivity contribution in [2.75, 3.05) is 21.3 Å². The Morgan fingerprint density at radius 1 is 0.935 bits per heavy atom. The van der Waals surface area contributed by atoms with E-state index in [0.29, 0.717) is 11.5 Å². The van der Waals surface area contributed by atoms with Crippen LogP contribution in [0.1, 0.15) is 49.7 Å². The number of rotatable bonds is 8. The monoisotopic (exact) mass is 450 g/mol. The molecule has 2 rings (SSSR count). The van der Waals surface area contributed by atoms with Gasteiger partial charge in [0.25, 0.3) is 5.91 Å². The van der Waals surface area contributed by atoms with Gasteiger partial charge in [-0.2, -0.15) is 0 Å². The fraction of sp³-hybridized carbons (Fsp3) is 0.409. The number of carbonyl (C=O) groups is 1. The number of amides is 1. The van der Waals surface area contributed by atoms with Crippen LogP contribution >= 0.6 is 0 Å². The Bertz CT molecular complexity index is 1040. The molecule has 0 aliphatic rings. The molecule has 8 nitrogen and oxygen atoms in total. The molecule has 0 heterocycles. The minimum atomic E-state index is -3.90. The summed E-state index contributed by atoms with van der Waals surface area (Å²) in [6.07, 6.45) is 0. The highest BCUT2D eigenvalue weighted by atomic mass is 32.2. The Hall–Kier alpha value is -2.78.